The monoisotopic (exact) mass is 351 g/mol. The lowest BCUT2D eigenvalue weighted by Gasteiger charge is -2.24. The van der Waals surface area contributed by atoms with Crippen LogP contribution in [0.15, 0.2) is 35.5 Å². The summed E-state index contributed by atoms with van der Waals surface area (Å²) < 4.78 is 28.8. The summed E-state index contributed by atoms with van der Waals surface area (Å²) in [5, 5.41) is 14.7. The highest BCUT2D eigenvalue weighted by Gasteiger charge is 2.38. The minimum atomic E-state index is -3.71. The van der Waals surface area contributed by atoms with E-state index in [9.17, 15) is 13.5 Å². The van der Waals surface area contributed by atoms with Crippen LogP contribution in [0.3, 0.4) is 0 Å². The summed E-state index contributed by atoms with van der Waals surface area (Å²) in [6.45, 7) is 2.55. The van der Waals surface area contributed by atoms with Crippen LogP contribution in [-0.4, -0.2) is 53.5 Å². The molecule has 2 aromatic heterocycles. The molecule has 130 valence electrons. The third-order valence-corrected chi connectivity index (χ3v) is 5.66. The summed E-state index contributed by atoms with van der Waals surface area (Å²) in [6, 6.07) is 5.58. The Morgan fingerprint density at radius 2 is 2.21 bits per heavy atom. The van der Waals surface area contributed by atoms with Gasteiger partial charge in [-0.25, -0.2) is 18.1 Å². The van der Waals surface area contributed by atoms with Gasteiger partial charge in [-0.3, -0.25) is 4.68 Å². The number of anilines is 1. The maximum atomic E-state index is 12.4. The number of rotatable bonds is 5. The van der Waals surface area contributed by atoms with Gasteiger partial charge >= 0.3 is 0 Å². The standard InChI is InChI=1S/C15H21N5O3S/c1-12-13(9-19(2)18-12)24(22,23)17-10-15(21)6-8-20(11-15)14-5-3-4-7-16-14/h3-5,7,9,17,21H,6,8,10-11H2,1-2H3/t15-/m0/s1. The van der Waals surface area contributed by atoms with Crippen molar-refractivity contribution >= 4 is 15.8 Å². The smallest absolute Gasteiger partial charge is 0.244 e. The molecule has 0 saturated carbocycles. The van der Waals surface area contributed by atoms with Crippen molar-refractivity contribution in [2.75, 3.05) is 24.5 Å². The molecule has 0 radical (unpaired) electrons. The van der Waals surface area contributed by atoms with Crippen LogP contribution in [0.1, 0.15) is 12.1 Å². The Morgan fingerprint density at radius 3 is 2.83 bits per heavy atom. The van der Waals surface area contributed by atoms with E-state index in [2.05, 4.69) is 14.8 Å². The Kier molecular flexibility index (Phi) is 4.33. The van der Waals surface area contributed by atoms with E-state index in [1.54, 1.807) is 20.2 Å². The number of pyridine rings is 1. The molecular formula is C15H21N5O3S. The molecular weight excluding hydrogens is 330 g/mol. The van der Waals surface area contributed by atoms with Gasteiger partial charge in [0.2, 0.25) is 10.0 Å². The second-order valence-corrected chi connectivity index (χ2v) is 7.90. The van der Waals surface area contributed by atoms with E-state index in [-0.39, 0.29) is 11.4 Å². The number of sulfonamides is 1. The predicted octanol–water partition coefficient (Wildman–Crippen LogP) is 0.0432. The predicted molar refractivity (Wildman–Crippen MR) is 89.2 cm³/mol. The fourth-order valence-corrected chi connectivity index (χ4v) is 4.22. The summed E-state index contributed by atoms with van der Waals surface area (Å²) in [5.74, 6) is 0.777. The molecule has 0 aliphatic carbocycles. The molecule has 1 aliphatic heterocycles. The maximum Gasteiger partial charge on any atom is 0.244 e. The second-order valence-electron chi connectivity index (χ2n) is 6.16. The Bertz CT molecular complexity index is 821. The van der Waals surface area contributed by atoms with Gasteiger partial charge in [0.25, 0.3) is 0 Å². The topological polar surface area (TPSA) is 100 Å². The van der Waals surface area contributed by atoms with Gasteiger partial charge < -0.3 is 10.0 Å². The highest BCUT2D eigenvalue weighted by atomic mass is 32.2. The quantitative estimate of drug-likeness (QED) is 0.789. The first-order valence-electron chi connectivity index (χ1n) is 7.67. The van der Waals surface area contributed by atoms with Crippen LogP contribution in [-0.2, 0) is 17.1 Å². The number of β-amino-alcohol motifs (C(OH)–C–C–N with tert-alkyl or cyclic N) is 1. The number of aryl methyl sites for hydroxylation is 2. The van der Waals surface area contributed by atoms with Gasteiger partial charge in [-0.1, -0.05) is 6.07 Å². The molecule has 9 heteroatoms. The van der Waals surface area contributed by atoms with E-state index in [4.69, 9.17) is 0 Å². The minimum absolute atomic E-state index is 0.0486. The van der Waals surface area contributed by atoms with Crippen molar-refractivity contribution in [3.63, 3.8) is 0 Å². The molecule has 0 spiro atoms. The number of hydrogen-bond donors (Lipinski definition) is 2. The van der Waals surface area contributed by atoms with Crippen LogP contribution < -0.4 is 9.62 Å². The molecule has 8 nitrogen and oxygen atoms in total. The third kappa shape index (κ3) is 3.42. The number of nitrogens with one attached hydrogen (secondary N) is 1. The largest absolute Gasteiger partial charge is 0.387 e. The molecule has 1 fully saturated rings. The molecule has 0 bridgehead atoms. The lowest BCUT2D eigenvalue weighted by Crippen LogP contribution is -2.45. The van der Waals surface area contributed by atoms with Gasteiger partial charge in [0, 0.05) is 39.1 Å². The van der Waals surface area contributed by atoms with Gasteiger partial charge in [0.1, 0.15) is 10.7 Å². The molecule has 0 unspecified atom stereocenters. The SMILES string of the molecule is Cc1nn(C)cc1S(=O)(=O)NC[C@@]1(O)CCN(c2ccccn2)C1. The maximum absolute atomic E-state index is 12.4. The Morgan fingerprint density at radius 1 is 1.42 bits per heavy atom. The van der Waals surface area contributed by atoms with Crippen LogP contribution in [0.2, 0.25) is 0 Å². The first-order chi connectivity index (χ1) is 11.3. The summed E-state index contributed by atoms with van der Waals surface area (Å²) in [7, 11) is -2.04. The normalized spacial score (nSPS) is 21.4. The molecule has 0 aromatic carbocycles. The van der Waals surface area contributed by atoms with E-state index in [1.807, 2.05) is 23.1 Å². The zero-order valence-corrected chi connectivity index (χ0v) is 14.5. The fraction of sp³-hybridized carbons (Fsp3) is 0.467. The van der Waals surface area contributed by atoms with Crippen molar-refractivity contribution in [2.24, 2.45) is 7.05 Å². The molecule has 3 rings (SSSR count). The van der Waals surface area contributed by atoms with Crippen LogP contribution in [0, 0.1) is 6.92 Å². The molecule has 1 saturated heterocycles. The van der Waals surface area contributed by atoms with Crippen molar-refractivity contribution in [2.45, 2.75) is 23.8 Å². The van der Waals surface area contributed by atoms with Crippen molar-refractivity contribution in [3.05, 3.63) is 36.3 Å². The van der Waals surface area contributed by atoms with Gasteiger partial charge in [-0.2, -0.15) is 5.10 Å². The Balaban J connectivity index is 1.67. The lowest BCUT2D eigenvalue weighted by molar-refractivity contribution is 0.0685. The second kappa shape index (κ2) is 6.15. The van der Waals surface area contributed by atoms with Gasteiger partial charge in [0.05, 0.1) is 11.3 Å². The van der Waals surface area contributed by atoms with E-state index in [1.165, 1.54) is 10.9 Å². The van der Waals surface area contributed by atoms with E-state index in [0.29, 0.717) is 25.2 Å². The average molecular weight is 351 g/mol. The molecule has 1 atom stereocenters. The van der Waals surface area contributed by atoms with Crippen molar-refractivity contribution in [1.29, 1.82) is 0 Å². The van der Waals surface area contributed by atoms with E-state index < -0.39 is 15.6 Å². The van der Waals surface area contributed by atoms with Gasteiger partial charge in [-0.15, -0.1) is 0 Å². The minimum Gasteiger partial charge on any atom is -0.387 e. The van der Waals surface area contributed by atoms with Gasteiger partial charge in [0.15, 0.2) is 0 Å². The Hall–Kier alpha value is -1.97. The van der Waals surface area contributed by atoms with Crippen molar-refractivity contribution < 1.29 is 13.5 Å². The number of aliphatic hydroxyl groups is 1. The molecule has 24 heavy (non-hydrogen) atoms. The van der Waals surface area contributed by atoms with Crippen LogP contribution in [0.4, 0.5) is 5.82 Å². The van der Waals surface area contributed by atoms with Crippen LogP contribution in [0.5, 0.6) is 0 Å². The summed E-state index contributed by atoms with van der Waals surface area (Å²) >= 11 is 0. The van der Waals surface area contributed by atoms with Crippen molar-refractivity contribution in [3.8, 4) is 0 Å². The summed E-state index contributed by atoms with van der Waals surface area (Å²) in [5.41, 5.74) is -0.695. The van der Waals surface area contributed by atoms with Gasteiger partial charge in [-0.05, 0) is 25.5 Å². The average Bonchev–Trinajstić information content (AvgIpc) is 3.10. The molecule has 3 heterocycles. The third-order valence-electron chi connectivity index (χ3n) is 4.15. The summed E-state index contributed by atoms with van der Waals surface area (Å²) in [4.78, 5) is 6.34. The first-order valence-corrected chi connectivity index (χ1v) is 9.16. The highest BCUT2D eigenvalue weighted by molar-refractivity contribution is 7.89. The lowest BCUT2D eigenvalue weighted by atomic mass is 10.0. The van der Waals surface area contributed by atoms with E-state index in [0.717, 1.165) is 5.82 Å². The zero-order chi connectivity index (χ0) is 17.4. The van der Waals surface area contributed by atoms with Crippen LogP contribution in [0.25, 0.3) is 0 Å². The number of nitrogens with zero attached hydrogens (tertiary/aromatic N) is 4. The molecule has 1 aliphatic rings. The van der Waals surface area contributed by atoms with E-state index >= 15 is 0 Å². The number of aromatic nitrogens is 3. The molecule has 2 N–H and O–H groups in total. The van der Waals surface area contributed by atoms with Crippen LogP contribution >= 0.6 is 0 Å². The zero-order valence-electron chi connectivity index (χ0n) is 13.7. The number of hydrogen-bond acceptors (Lipinski definition) is 6. The molecule has 2 aromatic rings. The fourth-order valence-electron chi connectivity index (χ4n) is 2.89. The highest BCUT2D eigenvalue weighted by Crippen LogP contribution is 2.25. The summed E-state index contributed by atoms with van der Waals surface area (Å²) in [6.07, 6.45) is 3.62. The Labute approximate surface area is 141 Å². The first kappa shape index (κ1) is 16.9. The molecule has 0 amide bonds. The van der Waals surface area contributed by atoms with Crippen molar-refractivity contribution in [1.82, 2.24) is 19.5 Å².